The summed E-state index contributed by atoms with van der Waals surface area (Å²) in [5, 5.41) is 0. The molecule has 30 heavy (non-hydrogen) atoms. The second kappa shape index (κ2) is 10.8. The molecule has 0 atom stereocenters. The van der Waals surface area contributed by atoms with Crippen LogP contribution in [0.3, 0.4) is 0 Å². The van der Waals surface area contributed by atoms with Crippen LogP contribution < -0.4 is 24.8 Å². The van der Waals surface area contributed by atoms with E-state index in [1.165, 1.54) is 12.8 Å². The normalized spacial score (nSPS) is 19.7. The minimum absolute atomic E-state index is 0. The molecule has 0 aromatic carbocycles. The maximum atomic E-state index is 6.19. The summed E-state index contributed by atoms with van der Waals surface area (Å²) in [6.07, 6.45) is 9.68. The molecule has 0 unspecified atom stereocenters. The molecule has 0 saturated heterocycles. The van der Waals surface area contributed by atoms with Crippen molar-refractivity contribution in [2.24, 2.45) is 5.41 Å². The van der Waals surface area contributed by atoms with E-state index in [0.29, 0.717) is 0 Å². The van der Waals surface area contributed by atoms with Crippen molar-refractivity contribution in [3.8, 4) is 0 Å². The van der Waals surface area contributed by atoms with Crippen LogP contribution in [0.4, 0.5) is 0 Å². The quantitative estimate of drug-likeness (QED) is 0.406. The van der Waals surface area contributed by atoms with Crippen molar-refractivity contribution in [3.05, 3.63) is 41.0 Å². The van der Waals surface area contributed by atoms with Crippen LogP contribution in [-0.2, 0) is 32.1 Å². The third-order valence-electron chi connectivity index (χ3n) is 5.72. The maximum absolute atomic E-state index is 6.19. The Morgan fingerprint density at radius 2 is 1.13 bits per heavy atom. The van der Waals surface area contributed by atoms with Crippen molar-refractivity contribution in [1.29, 1.82) is 0 Å². The van der Waals surface area contributed by atoms with E-state index in [9.17, 15) is 0 Å². The van der Waals surface area contributed by atoms with Crippen LogP contribution in [0.1, 0.15) is 39.5 Å². The molecule has 2 nitrogen and oxygen atoms in total. The minimum atomic E-state index is -1.43. The van der Waals surface area contributed by atoms with E-state index in [2.05, 4.69) is 65.3 Å². The molecule has 1 heterocycles. The zero-order valence-electron chi connectivity index (χ0n) is 20.0. The molecule has 0 bridgehead atoms. The van der Waals surface area contributed by atoms with Crippen LogP contribution in [-0.4, -0.2) is 29.8 Å². The van der Waals surface area contributed by atoms with Crippen molar-refractivity contribution in [2.45, 2.75) is 78.8 Å². The van der Waals surface area contributed by atoms with Crippen LogP contribution in [0, 0.1) is 5.41 Å². The summed E-state index contributed by atoms with van der Waals surface area (Å²) < 4.78 is 16.0. The molecule has 3 aliphatic rings. The fourth-order valence-electron chi connectivity index (χ4n) is 4.73. The Hall–Kier alpha value is 0.777. The van der Waals surface area contributed by atoms with E-state index in [4.69, 9.17) is 8.85 Å². The number of rotatable bonds is 8. The van der Waals surface area contributed by atoms with Gasteiger partial charge in [0.1, 0.15) is 0 Å². The predicted molar refractivity (Wildman–Crippen MR) is 121 cm³/mol. The molecule has 0 spiro atoms. The van der Waals surface area contributed by atoms with Gasteiger partial charge in [-0.05, 0) is 0 Å². The number of hydrogen-bond acceptors (Lipinski definition) is 2. The summed E-state index contributed by atoms with van der Waals surface area (Å²) >= 11 is -0.602. The van der Waals surface area contributed by atoms with Crippen molar-refractivity contribution in [3.63, 3.8) is 0 Å². The Bertz CT molecular complexity index is 707. The Balaban J connectivity index is 0.00000225. The van der Waals surface area contributed by atoms with Gasteiger partial charge < -0.3 is 24.8 Å². The van der Waals surface area contributed by atoms with Gasteiger partial charge in [0.2, 0.25) is 0 Å². The van der Waals surface area contributed by atoms with Crippen LogP contribution in [0.2, 0.25) is 39.3 Å². The molecular weight excluding hydrogens is 527 g/mol. The van der Waals surface area contributed by atoms with E-state index in [-0.39, 0.29) is 30.2 Å². The van der Waals surface area contributed by atoms with Crippen LogP contribution in [0.5, 0.6) is 0 Å². The van der Waals surface area contributed by atoms with Crippen molar-refractivity contribution < 1.29 is 56.9 Å². The summed E-state index contributed by atoms with van der Waals surface area (Å²) in [6.45, 7) is 20.5. The average molecular weight is 565 g/mol. The summed E-state index contributed by atoms with van der Waals surface area (Å²) in [4.78, 5) is 0. The van der Waals surface area contributed by atoms with E-state index in [1.807, 2.05) is 6.56 Å². The number of allylic oxidation sites excluding steroid dienone is 6. The third-order valence-corrected chi connectivity index (χ3v) is 11.6. The van der Waals surface area contributed by atoms with Crippen LogP contribution >= 0.6 is 0 Å². The second-order valence-corrected chi connectivity index (χ2v) is 23.4. The first-order valence-corrected chi connectivity index (χ1v) is 20.1. The Morgan fingerprint density at radius 1 is 0.767 bits per heavy atom. The first kappa shape index (κ1) is 28.8. The van der Waals surface area contributed by atoms with E-state index in [1.54, 1.807) is 22.3 Å². The summed E-state index contributed by atoms with van der Waals surface area (Å²) in [6, 6.07) is 0. The Morgan fingerprint density at radius 3 is 1.47 bits per heavy atom. The molecule has 2 aliphatic carbocycles. The molecule has 0 amide bonds. The van der Waals surface area contributed by atoms with E-state index >= 15 is 0 Å². The van der Waals surface area contributed by atoms with Gasteiger partial charge in [-0.1, -0.05) is 0 Å². The first-order valence-electron chi connectivity index (χ1n) is 10.8. The topological polar surface area (TPSA) is 18.5 Å². The molecule has 0 radical (unpaired) electrons. The van der Waals surface area contributed by atoms with E-state index < -0.39 is 39.9 Å². The molecular formula is C23H38Cl2O2Si2Zr. The van der Waals surface area contributed by atoms with Gasteiger partial charge in [0.05, 0.1) is 0 Å². The largest absolute Gasteiger partial charge is 1.00 e. The van der Waals surface area contributed by atoms with E-state index in [0.717, 1.165) is 26.1 Å². The molecule has 0 aromatic heterocycles. The van der Waals surface area contributed by atoms with Gasteiger partial charge in [-0.25, -0.2) is 0 Å². The van der Waals surface area contributed by atoms with Crippen molar-refractivity contribution in [2.75, 3.05) is 13.2 Å². The fraction of sp³-hybridized carbons (Fsp3) is 0.652. The molecule has 1 aliphatic heterocycles. The van der Waals surface area contributed by atoms with Gasteiger partial charge in [0.25, 0.3) is 0 Å². The Labute approximate surface area is 210 Å². The predicted octanol–water partition coefficient (Wildman–Crippen LogP) is 0.768. The zero-order chi connectivity index (χ0) is 20.7. The summed E-state index contributed by atoms with van der Waals surface area (Å²) in [5.74, 6) is 0. The average Bonchev–Trinajstić information content (AvgIpc) is 3.10. The molecule has 0 fully saturated rings. The second-order valence-electron chi connectivity index (χ2n) is 10.7. The van der Waals surface area contributed by atoms with Gasteiger partial charge >= 0.3 is 187 Å². The van der Waals surface area contributed by atoms with Crippen LogP contribution in [0.15, 0.2) is 41.0 Å². The SMILES string of the molecule is CC1(C)C2=[C](CC=C2CCO[Si](C)(C)C)[Zr+2][C]2=C1C(CCO[Si](C)(C)C)=CC2.[Cl-].[Cl-]. The summed E-state index contributed by atoms with van der Waals surface area (Å²) in [5.41, 5.74) is 6.75. The van der Waals surface area contributed by atoms with Crippen molar-refractivity contribution >= 4 is 16.6 Å². The fourth-order valence-corrected chi connectivity index (χ4v) is 11.0. The number of halogens is 2. The smallest absolute Gasteiger partial charge is 1.00 e. The number of hydrogen-bond donors (Lipinski definition) is 0. The van der Waals surface area contributed by atoms with Gasteiger partial charge in [-0.15, -0.1) is 0 Å². The molecule has 0 aromatic rings. The molecule has 168 valence electrons. The van der Waals surface area contributed by atoms with Gasteiger partial charge in [-0.3, -0.25) is 0 Å². The molecule has 0 N–H and O–H groups in total. The zero-order valence-corrected chi connectivity index (χ0v) is 25.9. The monoisotopic (exact) mass is 562 g/mol. The molecule has 7 heteroatoms. The van der Waals surface area contributed by atoms with Gasteiger partial charge in [-0.2, -0.15) is 0 Å². The first-order chi connectivity index (χ1) is 12.9. The maximum Gasteiger partial charge on any atom is -1.00 e. The molecule has 0 saturated carbocycles. The van der Waals surface area contributed by atoms with Gasteiger partial charge in [0.15, 0.2) is 0 Å². The summed E-state index contributed by atoms with van der Waals surface area (Å²) in [7, 11) is -2.87. The van der Waals surface area contributed by atoms with Crippen molar-refractivity contribution in [1.82, 2.24) is 0 Å². The third kappa shape index (κ3) is 6.89. The van der Waals surface area contributed by atoms with Crippen LogP contribution in [0.25, 0.3) is 0 Å². The Kier molecular flexibility index (Phi) is 10.4. The standard InChI is InChI=1S/C23H38O2Si2.2ClH.Zr/c1-23(2,21-13-9-11-19(21)15-17-24-26(3,4)5)22-14-10-12-20(22)16-18-25-27(6,7)8;;;/h11-12H,9-10,15-18H2,1-8H3;2*1H;/q;;;+2/p-2. The van der Waals surface area contributed by atoms with Gasteiger partial charge in [0, 0.05) is 0 Å². The minimum Gasteiger partial charge on any atom is -1.00 e. The molecule has 3 rings (SSSR count).